The number of carbonyl (C=O) groups is 1. The van der Waals surface area contributed by atoms with Crippen LogP contribution in [0.25, 0.3) is 0 Å². The minimum absolute atomic E-state index is 0.0900. The number of sulfone groups is 1. The van der Waals surface area contributed by atoms with E-state index in [1.54, 1.807) is 0 Å². The van der Waals surface area contributed by atoms with Gasteiger partial charge in [0.2, 0.25) is 0 Å². The van der Waals surface area contributed by atoms with E-state index < -0.39 is 21.7 Å². The second kappa shape index (κ2) is 5.14. The van der Waals surface area contributed by atoms with Crippen LogP contribution in [0.2, 0.25) is 0 Å². The maximum Gasteiger partial charge on any atom is 0.310 e. The number of hydrogen-bond donors (Lipinski definition) is 0. The molecule has 0 aromatic rings. The van der Waals surface area contributed by atoms with Gasteiger partial charge in [-0.05, 0) is 25.9 Å². The van der Waals surface area contributed by atoms with E-state index in [0.717, 1.165) is 25.8 Å². The second-order valence-electron chi connectivity index (χ2n) is 4.53. The Morgan fingerprint density at radius 3 is 2.56 bits per heavy atom. The van der Waals surface area contributed by atoms with Crippen molar-refractivity contribution in [2.24, 2.45) is 11.8 Å². The first-order valence-electron chi connectivity index (χ1n) is 5.27. The molecule has 1 rings (SSSR count). The zero-order valence-electron chi connectivity index (χ0n) is 9.97. The molecular formula is C10H19NO4S. The molecule has 0 spiro atoms. The van der Waals surface area contributed by atoms with Gasteiger partial charge in [0.25, 0.3) is 0 Å². The van der Waals surface area contributed by atoms with Crippen LogP contribution in [0.4, 0.5) is 0 Å². The van der Waals surface area contributed by atoms with Crippen LogP contribution in [0.3, 0.4) is 0 Å². The Morgan fingerprint density at radius 1 is 1.56 bits per heavy atom. The summed E-state index contributed by atoms with van der Waals surface area (Å²) in [5.74, 6) is -0.958. The fourth-order valence-electron chi connectivity index (χ4n) is 2.17. The Hall–Kier alpha value is -0.620. The van der Waals surface area contributed by atoms with Crippen LogP contribution < -0.4 is 0 Å². The topological polar surface area (TPSA) is 63.7 Å². The summed E-state index contributed by atoms with van der Waals surface area (Å²) in [5, 5.41) is 0. The summed E-state index contributed by atoms with van der Waals surface area (Å²) in [6.07, 6.45) is 2.01. The highest BCUT2D eigenvalue weighted by atomic mass is 32.2. The number of hydrogen-bond acceptors (Lipinski definition) is 5. The molecule has 0 saturated carbocycles. The van der Waals surface area contributed by atoms with E-state index in [9.17, 15) is 13.2 Å². The summed E-state index contributed by atoms with van der Waals surface area (Å²) in [4.78, 5) is 13.7. The highest BCUT2D eigenvalue weighted by Gasteiger charge is 2.35. The third-order valence-electron chi connectivity index (χ3n) is 2.98. The number of likely N-dealkylation sites (tertiary alicyclic amines) is 1. The fourth-order valence-corrected chi connectivity index (χ4v) is 3.23. The number of rotatable bonds is 4. The van der Waals surface area contributed by atoms with E-state index in [1.807, 2.05) is 7.05 Å². The standard InChI is InChI=1S/C10H19NO4S/c1-11-5-4-8(6-11)9(10(12)15-2)7-16(3,13)14/h8-9H,4-7H2,1-3H3. The van der Waals surface area contributed by atoms with Crippen molar-refractivity contribution in [2.75, 3.05) is 39.3 Å². The Kier molecular flexibility index (Phi) is 4.32. The molecule has 1 fully saturated rings. The highest BCUT2D eigenvalue weighted by molar-refractivity contribution is 7.90. The summed E-state index contributed by atoms with van der Waals surface area (Å²) in [5.41, 5.74) is 0. The molecule has 0 aliphatic carbocycles. The molecule has 0 bridgehead atoms. The molecule has 0 aromatic carbocycles. The van der Waals surface area contributed by atoms with Crippen LogP contribution in [0.5, 0.6) is 0 Å². The molecule has 1 saturated heterocycles. The first-order valence-corrected chi connectivity index (χ1v) is 7.33. The lowest BCUT2D eigenvalue weighted by Gasteiger charge is -2.20. The van der Waals surface area contributed by atoms with Gasteiger partial charge in [-0.3, -0.25) is 4.79 Å². The molecule has 5 nitrogen and oxygen atoms in total. The average molecular weight is 249 g/mol. The van der Waals surface area contributed by atoms with Gasteiger partial charge in [0.05, 0.1) is 18.8 Å². The average Bonchev–Trinajstić information content (AvgIpc) is 2.58. The normalized spacial score (nSPS) is 24.3. The van der Waals surface area contributed by atoms with Gasteiger partial charge in [-0.2, -0.15) is 0 Å². The van der Waals surface area contributed by atoms with Crippen molar-refractivity contribution in [1.82, 2.24) is 4.90 Å². The minimum Gasteiger partial charge on any atom is -0.469 e. The second-order valence-corrected chi connectivity index (χ2v) is 6.72. The van der Waals surface area contributed by atoms with E-state index in [0.29, 0.717) is 0 Å². The monoisotopic (exact) mass is 249 g/mol. The third-order valence-corrected chi connectivity index (χ3v) is 3.95. The van der Waals surface area contributed by atoms with Crippen LogP contribution in [0.15, 0.2) is 0 Å². The molecule has 0 amide bonds. The molecule has 1 aliphatic heterocycles. The quantitative estimate of drug-likeness (QED) is 0.644. The minimum atomic E-state index is -3.15. The van der Waals surface area contributed by atoms with Gasteiger partial charge in [0, 0.05) is 12.8 Å². The Balaban J connectivity index is 2.75. The van der Waals surface area contributed by atoms with Crippen LogP contribution >= 0.6 is 0 Å². The van der Waals surface area contributed by atoms with E-state index >= 15 is 0 Å². The molecule has 1 heterocycles. The van der Waals surface area contributed by atoms with E-state index in [4.69, 9.17) is 0 Å². The Bertz CT molecular complexity index is 352. The van der Waals surface area contributed by atoms with E-state index in [-0.39, 0.29) is 11.7 Å². The SMILES string of the molecule is COC(=O)C(CS(C)(=O)=O)C1CCN(C)C1. The number of carbonyl (C=O) groups excluding carboxylic acids is 1. The largest absolute Gasteiger partial charge is 0.469 e. The maximum atomic E-state index is 11.6. The molecule has 16 heavy (non-hydrogen) atoms. The number of esters is 1. The zero-order chi connectivity index (χ0) is 12.3. The number of nitrogens with zero attached hydrogens (tertiary/aromatic N) is 1. The van der Waals surface area contributed by atoms with E-state index in [1.165, 1.54) is 7.11 Å². The summed E-state index contributed by atoms with van der Waals surface area (Å²) in [6, 6.07) is 0. The molecule has 94 valence electrons. The number of methoxy groups -OCH3 is 1. The lowest BCUT2D eigenvalue weighted by atomic mass is 9.93. The van der Waals surface area contributed by atoms with Crippen molar-refractivity contribution in [3.8, 4) is 0 Å². The van der Waals surface area contributed by atoms with Crippen molar-refractivity contribution < 1.29 is 17.9 Å². The van der Waals surface area contributed by atoms with Crippen LogP contribution in [-0.2, 0) is 19.4 Å². The molecule has 2 unspecified atom stereocenters. The first kappa shape index (κ1) is 13.4. The summed E-state index contributed by atoms with van der Waals surface area (Å²) in [7, 11) is 0.116. The molecular weight excluding hydrogens is 230 g/mol. The lowest BCUT2D eigenvalue weighted by Crippen LogP contribution is -2.32. The Labute approximate surface area is 96.7 Å². The van der Waals surface area contributed by atoms with Gasteiger partial charge in [-0.25, -0.2) is 8.42 Å². The van der Waals surface area contributed by atoms with Crippen LogP contribution in [0.1, 0.15) is 6.42 Å². The smallest absolute Gasteiger partial charge is 0.310 e. The van der Waals surface area contributed by atoms with Gasteiger partial charge >= 0.3 is 5.97 Å². The molecule has 0 radical (unpaired) electrons. The van der Waals surface area contributed by atoms with Crippen molar-refractivity contribution >= 4 is 15.8 Å². The fraction of sp³-hybridized carbons (Fsp3) is 0.900. The van der Waals surface area contributed by atoms with E-state index in [2.05, 4.69) is 9.64 Å². The predicted octanol–water partition coefficient (Wildman–Crippen LogP) is -0.228. The van der Waals surface area contributed by atoms with Gasteiger partial charge in [-0.1, -0.05) is 0 Å². The lowest BCUT2D eigenvalue weighted by molar-refractivity contribution is -0.146. The van der Waals surface area contributed by atoms with Crippen LogP contribution in [0, 0.1) is 11.8 Å². The van der Waals surface area contributed by atoms with Crippen LogP contribution in [-0.4, -0.2) is 58.5 Å². The van der Waals surface area contributed by atoms with Gasteiger partial charge in [0.1, 0.15) is 9.84 Å². The van der Waals surface area contributed by atoms with Gasteiger partial charge in [-0.15, -0.1) is 0 Å². The summed E-state index contributed by atoms with van der Waals surface area (Å²) in [6.45, 7) is 1.66. The summed E-state index contributed by atoms with van der Waals surface area (Å²) < 4.78 is 27.2. The van der Waals surface area contributed by atoms with Crippen molar-refractivity contribution in [1.29, 1.82) is 0 Å². The molecule has 0 N–H and O–H groups in total. The first-order chi connectivity index (χ1) is 7.33. The predicted molar refractivity (Wildman–Crippen MR) is 60.8 cm³/mol. The number of ether oxygens (including phenoxy) is 1. The molecule has 2 atom stereocenters. The summed E-state index contributed by atoms with van der Waals surface area (Å²) >= 11 is 0. The molecule has 0 aromatic heterocycles. The van der Waals surface area contributed by atoms with Gasteiger partial charge in [0.15, 0.2) is 0 Å². The van der Waals surface area contributed by atoms with Crippen molar-refractivity contribution in [2.45, 2.75) is 6.42 Å². The Morgan fingerprint density at radius 2 is 2.19 bits per heavy atom. The van der Waals surface area contributed by atoms with Gasteiger partial charge < -0.3 is 9.64 Å². The van der Waals surface area contributed by atoms with Crippen molar-refractivity contribution in [3.63, 3.8) is 0 Å². The third kappa shape index (κ3) is 3.75. The maximum absolute atomic E-state index is 11.6. The molecule has 6 heteroatoms. The highest BCUT2D eigenvalue weighted by Crippen LogP contribution is 2.25. The van der Waals surface area contributed by atoms with Crippen molar-refractivity contribution in [3.05, 3.63) is 0 Å². The zero-order valence-corrected chi connectivity index (χ0v) is 10.8. The molecule has 1 aliphatic rings.